The highest BCUT2D eigenvalue weighted by molar-refractivity contribution is 5.24. The molecule has 0 radical (unpaired) electrons. The number of aliphatic hydroxyl groups is 1. The van der Waals surface area contributed by atoms with E-state index in [-0.39, 0.29) is 5.82 Å². The van der Waals surface area contributed by atoms with E-state index in [1.165, 1.54) is 25.3 Å². The SMILES string of the molecule is CCC1CCN(CCC(O)c2ccc(C)c(F)c2)CC1. The Morgan fingerprint density at radius 1 is 1.35 bits per heavy atom. The lowest BCUT2D eigenvalue weighted by atomic mass is 9.94. The van der Waals surface area contributed by atoms with Gasteiger partial charge in [-0.15, -0.1) is 0 Å². The Kier molecular flexibility index (Phi) is 5.55. The molecule has 0 aliphatic carbocycles. The Morgan fingerprint density at radius 2 is 2.05 bits per heavy atom. The monoisotopic (exact) mass is 279 g/mol. The summed E-state index contributed by atoms with van der Waals surface area (Å²) in [4.78, 5) is 2.42. The van der Waals surface area contributed by atoms with E-state index in [0.29, 0.717) is 17.5 Å². The topological polar surface area (TPSA) is 23.5 Å². The number of aliphatic hydroxyl groups excluding tert-OH is 1. The minimum Gasteiger partial charge on any atom is -0.388 e. The highest BCUT2D eigenvalue weighted by atomic mass is 19.1. The lowest BCUT2D eigenvalue weighted by Gasteiger charge is -2.31. The van der Waals surface area contributed by atoms with Crippen LogP contribution in [0.15, 0.2) is 18.2 Å². The van der Waals surface area contributed by atoms with E-state index in [1.54, 1.807) is 13.0 Å². The molecule has 0 aromatic heterocycles. The molecule has 1 saturated heterocycles. The maximum atomic E-state index is 13.5. The van der Waals surface area contributed by atoms with Crippen molar-refractivity contribution in [2.24, 2.45) is 5.92 Å². The van der Waals surface area contributed by atoms with Gasteiger partial charge in [0.15, 0.2) is 0 Å². The van der Waals surface area contributed by atoms with Crippen LogP contribution < -0.4 is 0 Å². The summed E-state index contributed by atoms with van der Waals surface area (Å²) in [5.41, 5.74) is 1.32. The van der Waals surface area contributed by atoms with Crippen LogP contribution in [-0.2, 0) is 0 Å². The van der Waals surface area contributed by atoms with Crippen molar-refractivity contribution in [1.82, 2.24) is 4.90 Å². The molecule has 2 rings (SSSR count). The van der Waals surface area contributed by atoms with Crippen molar-refractivity contribution in [2.45, 2.75) is 45.6 Å². The number of piperidine rings is 1. The summed E-state index contributed by atoms with van der Waals surface area (Å²) in [6.07, 6.45) is 3.93. The molecular formula is C17H26FNO. The largest absolute Gasteiger partial charge is 0.388 e. The van der Waals surface area contributed by atoms with Crippen molar-refractivity contribution in [3.05, 3.63) is 35.1 Å². The molecule has 1 aliphatic rings. The fourth-order valence-electron chi connectivity index (χ4n) is 2.91. The van der Waals surface area contributed by atoms with Crippen LogP contribution in [0.5, 0.6) is 0 Å². The van der Waals surface area contributed by atoms with Gasteiger partial charge in [0.25, 0.3) is 0 Å². The van der Waals surface area contributed by atoms with Crippen LogP contribution in [0, 0.1) is 18.7 Å². The fourth-order valence-corrected chi connectivity index (χ4v) is 2.91. The first-order valence-electron chi connectivity index (χ1n) is 7.76. The Balaban J connectivity index is 1.80. The third kappa shape index (κ3) is 4.03. The van der Waals surface area contributed by atoms with E-state index >= 15 is 0 Å². The van der Waals surface area contributed by atoms with Gasteiger partial charge in [0, 0.05) is 6.54 Å². The Bertz CT molecular complexity index is 427. The van der Waals surface area contributed by atoms with Gasteiger partial charge in [0.1, 0.15) is 5.82 Å². The third-order valence-electron chi connectivity index (χ3n) is 4.58. The number of rotatable bonds is 5. The quantitative estimate of drug-likeness (QED) is 0.888. The van der Waals surface area contributed by atoms with Gasteiger partial charge in [-0.25, -0.2) is 4.39 Å². The summed E-state index contributed by atoms with van der Waals surface area (Å²) in [5.74, 6) is 0.646. The highest BCUT2D eigenvalue weighted by Gasteiger charge is 2.18. The van der Waals surface area contributed by atoms with Crippen molar-refractivity contribution >= 4 is 0 Å². The Labute approximate surface area is 121 Å². The van der Waals surface area contributed by atoms with E-state index in [0.717, 1.165) is 25.6 Å². The van der Waals surface area contributed by atoms with Crippen LogP contribution in [0.4, 0.5) is 4.39 Å². The van der Waals surface area contributed by atoms with Crippen molar-refractivity contribution in [2.75, 3.05) is 19.6 Å². The molecule has 1 N–H and O–H groups in total. The molecule has 1 unspecified atom stereocenters. The van der Waals surface area contributed by atoms with E-state index < -0.39 is 6.10 Å². The zero-order valence-electron chi connectivity index (χ0n) is 12.6. The first kappa shape index (κ1) is 15.5. The number of likely N-dealkylation sites (tertiary alicyclic amines) is 1. The average Bonchev–Trinajstić information content (AvgIpc) is 2.48. The number of nitrogens with zero attached hydrogens (tertiary/aromatic N) is 1. The summed E-state index contributed by atoms with van der Waals surface area (Å²) in [6.45, 7) is 7.16. The van der Waals surface area contributed by atoms with Gasteiger partial charge in [0.2, 0.25) is 0 Å². The first-order chi connectivity index (χ1) is 9.60. The number of hydrogen-bond acceptors (Lipinski definition) is 2. The second kappa shape index (κ2) is 7.19. The molecule has 3 heteroatoms. The van der Waals surface area contributed by atoms with Crippen LogP contribution in [0.2, 0.25) is 0 Å². The number of hydrogen-bond donors (Lipinski definition) is 1. The minimum absolute atomic E-state index is 0.231. The summed E-state index contributed by atoms with van der Waals surface area (Å²) in [7, 11) is 0. The summed E-state index contributed by atoms with van der Waals surface area (Å²) in [5, 5.41) is 10.2. The Morgan fingerprint density at radius 3 is 2.65 bits per heavy atom. The minimum atomic E-state index is -0.561. The normalized spacial score (nSPS) is 19.2. The van der Waals surface area contributed by atoms with E-state index in [1.807, 2.05) is 6.07 Å². The zero-order chi connectivity index (χ0) is 14.5. The van der Waals surface area contributed by atoms with Gasteiger partial charge in [-0.3, -0.25) is 0 Å². The van der Waals surface area contributed by atoms with Gasteiger partial charge in [-0.1, -0.05) is 25.5 Å². The Hall–Kier alpha value is -0.930. The molecule has 112 valence electrons. The average molecular weight is 279 g/mol. The molecule has 20 heavy (non-hydrogen) atoms. The maximum absolute atomic E-state index is 13.5. The molecule has 1 atom stereocenters. The van der Waals surface area contributed by atoms with Crippen molar-refractivity contribution in [3.63, 3.8) is 0 Å². The van der Waals surface area contributed by atoms with Crippen LogP contribution in [0.1, 0.15) is 49.8 Å². The van der Waals surface area contributed by atoms with Crippen LogP contribution >= 0.6 is 0 Å². The van der Waals surface area contributed by atoms with Gasteiger partial charge in [-0.2, -0.15) is 0 Å². The maximum Gasteiger partial charge on any atom is 0.126 e. The van der Waals surface area contributed by atoms with E-state index in [2.05, 4.69) is 11.8 Å². The lowest BCUT2D eigenvalue weighted by molar-refractivity contribution is 0.122. The summed E-state index contributed by atoms with van der Waals surface area (Å²) in [6, 6.07) is 5.02. The summed E-state index contributed by atoms with van der Waals surface area (Å²) < 4.78 is 13.5. The lowest BCUT2D eigenvalue weighted by Crippen LogP contribution is -2.34. The second-order valence-corrected chi connectivity index (χ2v) is 6.01. The molecule has 2 nitrogen and oxygen atoms in total. The van der Waals surface area contributed by atoms with Crippen LogP contribution in [-0.4, -0.2) is 29.6 Å². The van der Waals surface area contributed by atoms with Crippen molar-refractivity contribution < 1.29 is 9.50 Å². The predicted molar refractivity (Wildman–Crippen MR) is 80.2 cm³/mol. The summed E-state index contributed by atoms with van der Waals surface area (Å²) >= 11 is 0. The molecule has 0 amide bonds. The number of halogens is 1. The van der Waals surface area contributed by atoms with Crippen molar-refractivity contribution in [1.29, 1.82) is 0 Å². The molecular weight excluding hydrogens is 253 g/mol. The molecule has 0 spiro atoms. The van der Waals surface area contributed by atoms with Gasteiger partial charge < -0.3 is 10.0 Å². The third-order valence-corrected chi connectivity index (χ3v) is 4.58. The van der Waals surface area contributed by atoms with E-state index in [4.69, 9.17) is 0 Å². The molecule has 1 heterocycles. The molecule has 1 fully saturated rings. The molecule has 1 aromatic carbocycles. The van der Waals surface area contributed by atoms with Crippen LogP contribution in [0.25, 0.3) is 0 Å². The molecule has 0 saturated carbocycles. The zero-order valence-corrected chi connectivity index (χ0v) is 12.6. The van der Waals surface area contributed by atoms with E-state index in [9.17, 15) is 9.50 Å². The van der Waals surface area contributed by atoms with Gasteiger partial charge in [0.05, 0.1) is 6.10 Å². The van der Waals surface area contributed by atoms with Crippen molar-refractivity contribution in [3.8, 4) is 0 Å². The second-order valence-electron chi connectivity index (χ2n) is 6.01. The molecule has 0 bridgehead atoms. The molecule has 1 aliphatic heterocycles. The smallest absolute Gasteiger partial charge is 0.126 e. The molecule has 1 aromatic rings. The van der Waals surface area contributed by atoms with Gasteiger partial charge in [-0.05, 0) is 62.4 Å². The standard InChI is InChI=1S/C17H26FNO/c1-3-14-6-9-19(10-7-14)11-8-17(20)15-5-4-13(2)16(18)12-15/h4-5,12,14,17,20H,3,6-11H2,1-2H3. The predicted octanol–water partition coefficient (Wildman–Crippen LogP) is 3.68. The van der Waals surface area contributed by atoms with Crippen LogP contribution in [0.3, 0.4) is 0 Å². The van der Waals surface area contributed by atoms with Gasteiger partial charge >= 0.3 is 0 Å². The number of benzene rings is 1. The number of aryl methyl sites for hydroxylation is 1. The fraction of sp³-hybridized carbons (Fsp3) is 0.647. The highest BCUT2D eigenvalue weighted by Crippen LogP contribution is 2.23. The first-order valence-corrected chi connectivity index (χ1v) is 7.76.